The first-order chi connectivity index (χ1) is 20.5. The molecule has 0 spiro atoms. The number of unbranched alkanes of at least 4 members (excludes halogenated alkanes) is 11. The van der Waals surface area contributed by atoms with Crippen molar-refractivity contribution in [1.82, 2.24) is 0 Å². The third-order valence-corrected chi connectivity index (χ3v) is 7.81. The standard InChI is InChI=1S/C37H50O5/c1-4-6-7-8-9-10-11-12-13-14-15-16-25-40-35-24-21-31-26-33(18-17-32(31)27-35)37(39)42-34-22-19-30(20-23-34)36(38)41-28-29(3)5-2/h17-24,26-27,29H,4-16,25,28H2,1-3H3/t29-/m0/s1. The molecule has 1 atom stereocenters. The Labute approximate surface area is 252 Å². The molecule has 5 heteroatoms. The van der Waals surface area contributed by atoms with Gasteiger partial charge in [-0.1, -0.05) is 110 Å². The minimum atomic E-state index is -0.448. The van der Waals surface area contributed by atoms with Crippen LogP contribution in [0.1, 0.15) is 125 Å². The first kappa shape index (κ1) is 33.2. The topological polar surface area (TPSA) is 61.8 Å². The molecule has 0 unspecified atom stereocenters. The zero-order valence-electron chi connectivity index (χ0n) is 26.0. The maximum atomic E-state index is 12.8. The number of hydrogen-bond acceptors (Lipinski definition) is 5. The van der Waals surface area contributed by atoms with E-state index in [0.717, 1.165) is 36.0 Å². The molecule has 3 aromatic rings. The highest BCUT2D eigenvalue weighted by Crippen LogP contribution is 2.24. The van der Waals surface area contributed by atoms with Crippen LogP contribution in [0.5, 0.6) is 11.5 Å². The van der Waals surface area contributed by atoms with Crippen molar-refractivity contribution in [2.24, 2.45) is 5.92 Å². The largest absolute Gasteiger partial charge is 0.494 e. The highest BCUT2D eigenvalue weighted by atomic mass is 16.5. The molecular formula is C37H50O5. The summed E-state index contributed by atoms with van der Waals surface area (Å²) in [4.78, 5) is 25.0. The normalized spacial score (nSPS) is 11.8. The smallest absolute Gasteiger partial charge is 0.343 e. The summed E-state index contributed by atoms with van der Waals surface area (Å²) < 4.78 is 16.9. The molecule has 0 N–H and O–H groups in total. The van der Waals surface area contributed by atoms with Crippen molar-refractivity contribution < 1.29 is 23.8 Å². The Kier molecular flexibility index (Phi) is 15.0. The first-order valence-corrected chi connectivity index (χ1v) is 16.2. The second-order valence-corrected chi connectivity index (χ2v) is 11.5. The van der Waals surface area contributed by atoms with E-state index >= 15 is 0 Å². The maximum absolute atomic E-state index is 12.8. The molecule has 0 fully saturated rings. The van der Waals surface area contributed by atoms with Crippen LogP contribution in [-0.2, 0) is 4.74 Å². The number of hydrogen-bond donors (Lipinski definition) is 0. The van der Waals surface area contributed by atoms with E-state index in [-0.39, 0.29) is 5.97 Å². The van der Waals surface area contributed by atoms with E-state index < -0.39 is 5.97 Å². The Morgan fingerprint density at radius 2 is 1.17 bits per heavy atom. The van der Waals surface area contributed by atoms with E-state index in [1.165, 1.54) is 70.6 Å². The van der Waals surface area contributed by atoms with E-state index in [1.54, 1.807) is 30.3 Å². The number of carbonyl (C=O) groups excluding carboxylic acids is 2. The van der Waals surface area contributed by atoms with Gasteiger partial charge in [0.2, 0.25) is 0 Å². The van der Waals surface area contributed by atoms with Crippen LogP contribution in [0.4, 0.5) is 0 Å². The second kappa shape index (κ2) is 19.0. The summed E-state index contributed by atoms with van der Waals surface area (Å²) in [6, 6.07) is 17.9. The fourth-order valence-corrected chi connectivity index (χ4v) is 4.82. The molecule has 42 heavy (non-hydrogen) atoms. The molecular weight excluding hydrogens is 524 g/mol. The molecule has 0 aliphatic rings. The number of ether oxygens (including phenoxy) is 3. The van der Waals surface area contributed by atoms with Gasteiger partial charge in [0, 0.05) is 0 Å². The van der Waals surface area contributed by atoms with Crippen LogP contribution in [0.2, 0.25) is 0 Å². The third-order valence-electron chi connectivity index (χ3n) is 7.81. The highest BCUT2D eigenvalue weighted by molar-refractivity contribution is 5.97. The first-order valence-electron chi connectivity index (χ1n) is 16.2. The van der Waals surface area contributed by atoms with Gasteiger partial charge < -0.3 is 14.2 Å². The molecule has 0 aromatic heterocycles. The molecule has 5 nitrogen and oxygen atoms in total. The van der Waals surface area contributed by atoms with Crippen LogP contribution in [0.3, 0.4) is 0 Å². The molecule has 3 aromatic carbocycles. The molecule has 0 aliphatic heterocycles. The van der Waals surface area contributed by atoms with Gasteiger partial charge in [0.15, 0.2) is 0 Å². The number of esters is 2. The summed E-state index contributed by atoms with van der Waals surface area (Å²) in [6.07, 6.45) is 16.9. The Bertz CT molecular complexity index is 1220. The monoisotopic (exact) mass is 574 g/mol. The van der Waals surface area contributed by atoms with Gasteiger partial charge in [0.1, 0.15) is 11.5 Å². The van der Waals surface area contributed by atoms with Gasteiger partial charge in [0.25, 0.3) is 0 Å². The minimum absolute atomic E-state index is 0.319. The van der Waals surface area contributed by atoms with Crippen LogP contribution in [0.15, 0.2) is 60.7 Å². The van der Waals surface area contributed by atoms with Gasteiger partial charge in [-0.2, -0.15) is 0 Å². The quantitative estimate of drug-likeness (QED) is 0.0763. The Morgan fingerprint density at radius 1 is 0.619 bits per heavy atom. The van der Waals surface area contributed by atoms with Gasteiger partial charge in [-0.3, -0.25) is 0 Å². The van der Waals surface area contributed by atoms with E-state index in [4.69, 9.17) is 14.2 Å². The van der Waals surface area contributed by atoms with Gasteiger partial charge in [-0.15, -0.1) is 0 Å². The number of carbonyl (C=O) groups is 2. The SMILES string of the molecule is CCCCCCCCCCCCCCOc1ccc2cc(C(=O)Oc3ccc(C(=O)OC[C@@H](C)CC)cc3)ccc2c1. The molecule has 0 amide bonds. The van der Waals surface area contributed by atoms with Gasteiger partial charge in [-0.05, 0) is 71.6 Å². The van der Waals surface area contributed by atoms with Gasteiger partial charge >= 0.3 is 11.9 Å². The van der Waals surface area contributed by atoms with Crippen molar-refractivity contribution in [1.29, 1.82) is 0 Å². The van der Waals surface area contributed by atoms with Crippen LogP contribution in [0.25, 0.3) is 10.8 Å². The predicted molar refractivity (Wildman–Crippen MR) is 172 cm³/mol. The molecule has 0 radical (unpaired) electrons. The fraction of sp³-hybridized carbons (Fsp3) is 0.514. The van der Waals surface area contributed by atoms with Crippen LogP contribution >= 0.6 is 0 Å². The molecule has 0 bridgehead atoms. The summed E-state index contributed by atoms with van der Waals surface area (Å²) >= 11 is 0. The van der Waals surface area contributed by atoms with Crippen LogP contribution in [0, 0.1) is 5.92 Å². The minimum Gasteiger partial charge on any atom is -0.494 e. The number of fused-ring (bicyclic) bond motifs is 1. The average Bonchev–Trinajstić information content (AvgIpc) is 3.01. The van der Waals surface area contributed by atoms with Crippen LogP contribution in [-0.4, -0.2) is 25.2 Å². The summed E-state index contributed by atoms with van der Waals surface area (Å²) in [6.45, 7) is 7.48. The predicted octanol–water partition coefficient (Wildman–Crippen LogP) is 10.3. The van der Waals surface area contributed by atoms with Crippen molar-refractivity contribution in [3.05, 3.63) is 71.8 Å². The lowest BCUT2D eigenvalue weighted by Gasteiger charge is -2.10. The second-order valence-electron chi connectivity index (χ2n) is 11.5. The number of benzene rings is 3. The van der Waals surface area contributed by atoms with E-state index in [2.05, 4.69) is 13.8 Å². The zero-order valence-corrected chi connectivity index (χ0v) is 26.0. The van der Waals surface area contributed by atoms with Gasteiger partial charge in [0.05, 0.1) is 24.3 Å². The lowest BCUT2D eigenvalue weighted by Crippen LogP contribution is -2.12. The molecule has 0 saturated heterocycles. The Balaban J connectivity index is 1.36. The summed E-state index contributed by atoms with van der Waals surface area (Å²) in [5.74, 6) is 0.722. The molecule has 0 heterocycles. The van der Waals surface area contributed by atoms with Crippen molar-refractivity contribution in [3.63, 3.8) is 0 Å². The molecule has 0 aliphatic carbocycles. The Hall–Kier alpha value is -3.34. The summed E-state index contributed by atoms with van der Waals surface area (Å²) in [5.41, 5.74) is 0.894. The highest BCUT2D eigenvalue weighted by Gasteiger charge is 2.13. The maximum Gasteiger partial charge on any atom is 0.343 e. The van der Waals surface area contributed by atoms with Crippen molar-refractivity contribution in [2.45, 2.75) is 104 Å². The average molecular weight is 575 g/mol. The van der Waals surface area contributed by atoms with E-state index in [1.807, 2.05) is 37.3 Å². The summed E-state index contributed by atoms with van der Waals surface area (Å²) in [7, 11) is 0. The zero-order chi connectivity index (χ0) is 30.0. The van der Waals surface area contributed by atoms with Crippen LogP contribution < -0.4 is 9.47 Å². The fourth-order valence-electron chi connectivity index (χ4n) is 4.82. The molecule has 3 rings (SSSR count). The third kappa shape index (κ3) is 11.9. The molecule has 228 valence electrons. The van der Waals surface area contributed by atoms with Gasteiger partial charge in [-0.25, -0.2) is 9.59 Å². The summed E-state index contributed by atoms with van der Waals surface area (Å²) in [5, 5.41) is 1.96. The van der Waals surface area contributed by atoms with E-state index in [9.17, 15) is 9.59 Å². The van der Waals surface area contributed by atoms with E-state index in [0.29, 0.717) is 29.4 Å². The van der Waals surface area contributed by atoms with Crippen molar-refractivity contribution >= 4 is 22.7 Å². The van der Waals surface area contributed by atoms with Crippen molar-refractivity contribution in [2.75, 3.05) is 13.2 Å². The number of rotatable bonds is 20. The lowest BCUT2D eigenvalue weighted by molar-refractivity contribution is 0.0447. The molecule has 0 saturated carbocycles. The Morgan fingerprint density at radius 3 is 1.81 bits per heavy atom. The van der Waals surface area contributed by atoms with Crippen molar-refractivity contribution in [3.8, 4) is 11.5 Å². The lowest BCUT2D eigenvalue weighted by atomic mass is 10.1.